The van der Waals surface area contributed by atoms with Crippen LogP contribution in [-0.2, 0) is 15.6 Å². The molecule has 0 atom stereocenters. The van der Waals surface area contributed by atoms with Crippen LogP contribution in [0.15, 0.2) is 65.7 Å². The van der Waals surface area contributed by atoms with Gasteiger partial charge < -0.3 is 10.2 Å². The number of hydrogen-bond acceptors (Lipinski definition) is 5. The van der Waals surface area contributed by atoms with Crippen molar-refractivity contribution in [3.05, 3.63) is 77.1 Å². The highest BCUT2D eigenvalue weighted by molar-refractivity contribution is 7.90. The number of aromatic carboxylic acids is 1. The Morgan fingerprint density at radius 1 is 1.04 bits per heavy atom. The van der Waals surface area contributed by atoms with Crippen LogP contribution in [0.4, 0.5) is 0 Å². The molecule has 0 amide bonds. The molecule has 3 rings (SSSR count). The lowest BCUT2D eigenvalue weighted by atomic mass is 10.1. The monoisotopic (exact) mass is 403 g/mol. The number of halogens is 1. The molecule has 0 spiro atoms. The van der Waals surface area contributed by atoms with E-state index in [2.05, 4.69) is 4.98 Å². The van der Waals surface area contributed by atoms with E-state index >= 15 is 0 Å². The molecule has 0 aliphatic carbocycles. The largest absolute Gasteiger partial charge is 0.505 e. The topological polar surface area (TPSA) is 105 Å². The molecule has 1 heterocycles. The zero-order valence-electron chi connectivity index (χ0n) is 13.8. The van der Waals surface area contributed by atoms with Crippen LogP contribution in [0.1, 0.15) is 16.1 Å². The van der Waals surface area contributed by atoms with Gasteiger partial charge in [0, 0.05) is 6.20 Å². The second-order valence-corrected chi connectivity index (χ2v) is 8.14. The Hall–Kier alpha value is -2.90. The minimum Gasteiger partial charge on any atom is -0.505 e. The van der Waals surface area contributed by atoms with Crippen LogP contribution in [-0.4, -0.2) is 29.6 Å². The molecular weight excluding hydrogens is 390 g/mol. The summed E-state index contributed by atoms with van der Waals surface area (Å²) in [6.07, 6.45) is 1.49. The van der Waals surface area contributed by atoms with E-state index in [1.54, 1.807) is 12.1 Å². The van der Waals surface area contributed by atoms with Crippen LogP contribution in [0, 0.1) is 0 Å². The van der Waals surface area contributed by atoms with Gasteiger partial charge in [-0.2, -0.15) is 0 Å². The van der Waals surface area contributed by atoms with Gasteiger partial charge in [0.1, 0.15) is 4.90 Å². The molecular formula is C19H14ClNO5S. The summed E-state index contributed by atoms with van der Waals surface area (Å²) < 4.78 is 25.5. The van der Waals surface area contributed by atoms with Crippen LogP contribution in [0.3, 0.4) is 0 Å². The summed E-state index contributed by atoms with van der Waals surface area (Å²) >= 11 is 5.78. The lowest BCUT2D eigenvalue weighted by Gasteiger charge is -2.10. The first-order chi connectivity index (χ1) is 12.8. The molecule has 0 radical (unpaired) electrons. The molecule has 1 aromatic heterocycles. The van der Waals surface area contributed by atoms with Gasteiger partial charge in [-0.05, 0) is 35.4 Å². The Kier molecular flexibility index (Phi) is 5.16. The Morgan fingerprint density at radius 3 is 2.41 bits per heavy atom. The lowest BCUT2D eigenvalue weighted by molar-refractivity contribution is 0.0696. The highest BCUT2D eigenvalue weighted by Gasteiger charge is 2.24. The van der Waals surface area contributed by atoms with Crippen LogP contribution in [0.5, 0.6) is 5.75 Å². The zero-order valence-corrected chi connectivity index (χ0v) is 15.4. The summed E-state index contributed by atoms with van der Waals surface area (Å²) in [5.74, 6) is -2.54. The molecule has 8 heteroatoms. The second-order valence-electron chi connectivity index (χ2n) is 5.77. The SMILES string of the molecule is O=C(O)c1cc(Cl)c(O)c(S(=O)(=O)Cc2cc(-c3ccccc3)ccn2)c1. The highest BCUT2D eigenvalue weighted by Crippen LogP contribution is 2.34. The van der Waals surface area contributed by atoms with Crippen molar-refractivity contribution in [1.29, 1.82) is 0 Å². The number of aromatic hydroxyl groups is 1. The summed E-state index contributed by atoms with van der Waals surface area (Å²) in [5, 5.41) is 18.8. The number of carbonyl (C=O) groups is 1. The minimum absolute atomic E-state index is 0.257. The third kappa shape index (κ3) is 4.10. The van der Waals surface area contributed by atoms with E-state index in [9.17, 15) is 18.3 Å². The summed E-state index contributed by atoms with van der Waals surface area (Å²) in [7, 11) is -4.08. The maximum absolute atomic E-state index is 12.7. The molecule has 138 valence electrons. The molecule has 6 nitrogen and oxygen atoms in total. The van der Waals surface area contributed by atoms with Gasteiger partial charge in [-0.3, -0.25) is 4.98 Å². The van der Waals surface area contributed by atoms with Crippen molar-refractivity contribution in [2.75, 3.05) is 0 Å². The third-order valence-corrected chi connectivity index (χ3v) is 5.82. The van der Waals surface area contributed by atoms with Gasteiger partial charge in [-0.25, -0.2) is 13.2 Å². The molecule has 0 saturated heterocycles. The second kappa shape index (κ2) is 7.38. The zero-order chi connectivity index (χ0) is 19.6. The number of aromatic nitrogens is 1. The van der Waals surface area contributed by atoms with Gasteiger partial charge in [0.25, 0.3) is 0 Å². The van der Waals surface area contributed by atoms with Gasteiger partial charge >= 0.3 is 5.97 Å². The molecule has 0 aliphatic rings. The molecule has 0 fully saturated rings. The number of benzene rings is 2. The van der Waals surface area contributed by atoms with Crippen LogP contribution >= 0.6 is 11.6 Å². The molecule has 27 heavy (non-hydrogen) atoms. The van der Waals surface area contributed by atoms with E-state index in [1.807, 2.05) is 30.3 Å². The van der Waals surface area contributed by atoms with Crippen LogP contribution < -0.4 is 0 Å². The maximum atomic E-state index is 12.7. The molecule has 0 aliphatic heterocycles. The van der Waals surface area contributed by atoms with Gasteiger partial charge in [-0.1, -0.05) is 41.9 Å². The van der Waals surface area contributed by atoms with Crippen molar-refractivity contribution in [3.63, 3.8) is 0 Å². The number of carboxylic acid groups (broad SMARTS) is 1. The fraction of sp³-hybridized carbons (Fsp3) is 0.0526. The van der Waals surface area contributed by atoms with E-state index in [-0.39, 0.29) is 16.3 Å². The number of phenolic OH excluding ortho intramolecular Hbond substituents is 1. The van der Waals surface area contributed by atoms with Crippen molar-refractivity contribution in [2.24, 2.45) is 0 Å². The first-order valence-electron chi connectivity index (χ1n) is 7.77. The van der Waals surface area contributed by atoms with Gasteiger partial charge in [0.05, 0.1) is 22.0 Å². The Balaban J connectivity index is 2.00. The maximum Gasteiger partial charge on any atom is 0.335 e. The molecule has 0 bridgehead atoms. The molecule has 2 N–H and O–H groups in total. The van der Waals surface area contributed by atoms with E-state index in [0.29, 0.717) is 0 Å². The lowest BCUT2D eigenvalue weighted by Crippen LogP contribution is -2.09. The standard InChI is InChI=1S/C19H14ClNO5S/c20-16-9-14(19(23)24)10-17(18(16)22)27(25,26)11-15-8-13(6-7-21-15)12-4-2-1-3-5-12/h1-10,22H,11H2,(H,23,24). The van der Waals surface area contributed by atoms with Crippen molar-refractivity contribution in [2.45, 2.75) is 10.6 Å². The molecule has 2 aromatic carbocycles. The average molecular weight is 404 g/mol. The first-order valence-corrected chi connectivity index (χ1v) is 9.80. The van der Waals surface area contributed by atoms with Crippen molar-refractivity contribution in [1.82, 2.24) is 4.98 Å². The van der Waals surface area contributed by atoms with Gasteiger partial charge in [-0.15, -0.1) is 0 Å². The summed E-state index contributed by atoms with van der Waals surface area (Å²) in [6.45, 7) is 0. The van der Waals surface area contributed by atoms with E-state index < -0.39 is 32.2 Å². The third-order valence-electron chi connectivity index (χ3n) is 3.87. The average Bonchev–Trinajstić information content (AvgIpc) is 2.64. The number of hydrogen-bond donors (Lipinski definition) is 2. The highest BCUT2D eigenvalue weighted by atomic mass is 35.5. The predicted molar refractivity (Wildman–Crippen MR) is 101 cm³/mol. The Morgan fingerprint density at radius 2 is 1.74 bits per heavy atom. The normalized spacial score (nSPS) is 11.3. The van der Waals surface area contributed by atoms with Gasteiger partial charge in [0.15, 0.2) is 15.6 Å². The van der Waals surface area contributed by atoms with Gasteiger partial charge in [0.2, 0.25) is 0 Å². The van der Waals surface area contributed by atoms with E-state index in [1.165, 1.54) is 6.20 Å². The summed E-state index contributed by atoms with van der Waals surface area (Å²) in [6, 6.07) is 14.6. The van der Waals surface area contributed by atoms with E-state index in [4.69, 9.17) is 16.7 Å². The minimum atomic E-state index is -4.08. The number of nitrogens with zero attached hydrogens (tertiary/aromatic N) is 1. The fourth-order valence-corrected chi connectivity index (χ4v) is 4.26. The Bertz CT molecular complexity index is 1110. The summed E-state index contributed by atoms with van der Waals surface area (Å²) in [5.41, 5.74) is 1.62. The van der Waals surface area contributed by atoms with Crippen LogP contribution in [0.2, 0.25) is 5.02 Å². The number of sulfone groups is 1. The van der Waals surface area contributed by atoms with Crippen molar-refractivity contribution < 1.29 is 23.4 Å². The summed E-state index contributed by atoms with van der Waals surface area (Å²) in [4.78, 5) is 14.7. The number of rotatable bonds is 5. The first kappa shape index (κ1) is 18.9. The number of carboxylic acids is 1. The number of pyridine rings is 1. The number of phenols is 1. The quantitative estimate of drug-likeness (QED) is 0.671. The Labute approximate surface area is 160 Å². The van der Waals surface area contributed by atoms with Crippen LogP contribution in [0.25, 0.3) is 11.1 Å². The van der Waals surface area contributed by atoms with Crippen molar-refractivity contribution in [3.8, 4) is 16.9 Å². The molecule has 0 saturated carbocycles. The van der Waals surface area contributed by atoms with E-state index in [0.717, 1.165) is 23.3 Å². The smallest absolute Gasteiger partial charge is 0.335 e. The molecule has 3 aromatic rings. The molecule has 0 unspecified atom stereocenters. The fourth-order valence-electron chi connectivity index (χ4n) is 2.57. The van der Waals surface area contributed by atoms with Crippen molar-refractivity contribution >= 4 is 27.4 Å². The predicted octanol–water partition coefficient (Wildman–Crippen LogP) is 3.78.